The summed E-state index contributed by atoms with van der Waals surface area (Å²) in [4.78, 5) is 3.59. The molecule has 0 unspecified atom stereocenters. The van der Waals surface area contributed by atoms with Crippen LogP contribution in [0.1, 0.15) is 17.8 Å². The zero-order valence-corrected chi connectivity index (χ0v) is 11.4. The lowest BCUT2D eigenvalue weighted by Crippen LogP contribution is -2.15. The number of methoxy groups -OCH3 is 1. The van der Waals surface area contributed by atoms with E-state index in [0.29, 0.717) is 25.2 Å². The van der Waals surface area contributed by atoms with Crippen molar-refractivity contribution < 1.29 is 17.9 Å². The van der Waals surface area contributed by atoms with Crippen LogP contribution in [0.2, 0.25) is 0 Å². The normalized spacial score (nSPS) is 12.0. The van der Waals surface area contributed by atoms with E-state index < -0.39 is 11.9 Å². The molecular weight excluding hydrogens is 287 g/mol. The van der Waals surface area contributed by atoms with Crippen molar-refractivity contribution in [2.75, 3.05) is 25.5 Å². The summed E-state index contributed by atoms with van der Waals surface area (Å²) < 4.78 is 44.9. The van der Waals surface area contributed by atoms with Crippen molar-refractivity contribution in [2.24, 2.45) is 5.73 Å². The monoisotopic (exact) mass is 303 g/mol. The van der Waals surface area contributed by atoms with E-state index in [1.54, 1.807) is 0 Å². The van der Waals surface area contributed by atoms with Crippen molar-refractivity contribution in [3.8, 4) is 0 Å². The van der Waals surface area contributed by atoms with Crippen LogP contribution in [0.15, 0.2) is 12.1 Å². The quantitative estimate of drug-likeness (QED) is 0.794. The van der Waals surface area contributed by atoms with Crippen LogP contribution in [-0.2, 0) is 17.5 Å². The van der Waals surface area contributed by atoms with Crippen LogP contribution in [0.4, 0.5) is 19.0 Å². The summed E-state index contributed by atoms with van der Waals surface area (Å²) in [7, 11) is 1.49. The fraction of sp³-hybridized carbons (Fsp3) is 0.500. The summed E-state index contributed by atoms with van der Waals surface area (Å²) >= 11 is 0. The second-order valence-corrected chi connectivity index (χ2v) is 4.43. The molecule has 0 amide bonds. The molecule has 2 heterocycles. The predicted octanol–water partition coefficient (Wildman–Crippen LogP) is 1.66. The SMILES string of the molecule is COCc1cc2nc(C(F)(F)F)cc(NCCCN)n2n1. The summed E-state index contributed by atoms with van der Waals surface area (Å²) in [5, 5.41) is 7.07. The van der Waals surface area contributed by atoms with E-state index in [0.717, 1.165) is 6.07 Å². The lowest BCUT2D eigenvalue weighted by atomic mass is 10.3. The Morgan fingerprint density at radius 1 is 1.38 bits per heavy atom. The zero-order chi connectivity index (χ0) is 15.5. The van der Waals surface area contributed by atoms with E-state index in [2.05, 4.69) is 15.4 Å². The minimum atomic E-state index is -4.52. The molecular formula is C12H16F3N5O. The maximum Gasteiger partial charge on any atom is 0.433 e. The zero-order valence-electron chi connectivity index (χ0n) is 11.4. The Bertz CT molecular complexity index is 611. The molecule has 0 saturated heterocycles. The molecule has 2 aromatic heterocycles. The minimum Gasteiger partial charge on any atom is -0.378 e. The van der Waals surface area contributed by atoms with Gasteiger partial charge in [0.15, 0.2) is 11.3 Å². The number of halogens is 3. The van der Waals surface area contributed by atoms with E-state index in [1.807, 2.05) is 0 Å². The second kappa shape index (κ2) is 6.27. The van der Waals surface area contributed by atoms with Gasteiger partial charge in [-0.25, -0.2) is 4.98 Å². The third kappa shape index (κ3) is 3.61. The number of nitrogens with one attached hydrogen (secondary N) is 1. The predicted molar refractivity (Wildman–Crippen MR) is 70.9 cm³/mol. The standard InChI is InChI=1S/C12H16F3N5O/c1-21-7-8-5-11-18-9(12(13,14)15)6-10(20(11)19-8)17-4-2-3-16/h5-6,17H,2-4,7,16H2,1H3. The van der Waals surface area contributed by atoms with Crippen LogP contribution in [0, 0.1) is 0 Å². The van der Waals surface area contributed by atoms with Gasteiger partial charge in [-0.1, -0.05) is 0 Å². The lowest BCUT2D eigenvalue weighted by Gasteiger charge is -2.11. The van der Waals surface area contributed by atoms with Crippen molar-refractivity contribution in [1.82, 2.24) is 14.6 Å². The van der Waals surface area contributed by atoms with Crippen LogP contribution < -0.4 is 11.1 Å². The molecule has 0 atom stereocenters. The van der Waals surface area contributed by atoms with E-state index >= 15 is 0 Å². The molecule has 116 valence electrons. The number of alkyl halides is 3. The number of rotatable bonds is 6. The van der Waals surface area contributed by atoms with Crippen LogP contribution in [-0.4, -0.2) is 34.8 Å². The Morgan fingerprint density at radius 3 is 2.76 bits per heavy atom. The Labute approximate surface area is 119 Å². The summed E-state index contributed by atoms with van der Waals surface area (Å²) in [6, 6.07) is 2.40. The Hall–Kier alpha value is -1.87. The van der Waals surface area contributed by atoms with Gasteiger partial charge in [0.2, 0.25) is 0 Å². The molecule has 9 heteroatoms. The average Bonchev–Trinajstić information content (AvgIpc) is 2.81. The molecule has 0 bridgehead atoms. The van der Waals surface area contributed by atoms with Crippen molar-refractivity contribution in [1.29, 1.82) is 0 Å². The van der Waals surface area contributed by atoms with Crippen molar-refractivity contribution in [2.45, 2.75) is 19.2 Å². The van der Waals surface area contributed by atoms with Gasteiger partial charge in [-0.2, -0.15) is 22.8 Å². The van der Waals surface area contributed by atoms with E-state index in [-0.39, 0.29) is 18.1 Å². The number of aromatic nitrogens is 3. The number of ether oxygens (including phenoxy) is 1. The Kier molecular flexibility index (Phi) is 4.63. The number of fused-ring (bicyclic) bond motifs is 1. The van der Waals surface area contributed by atoms with E-state index in [4.69, 9.17) is 10.5 Å². The number of nitrogens with zero attached hydrogens (tertiary/aromatic N) is 3. The molecule has 0 spiro atoms. The van der Waals surface area contributed by atoms with E-state index in [9.17, 15) is 13.2 Å². The highest BCUT2D eigenvalue weighted by atomic mass is 19.4. The maximum absolute atomic E-state index is 12.9. The molecule has 3 N–H and O–H groups in total. The first-order valence-corrected chi connectivity index (χ1v) is 6.35. The highest BCUT2D eigenvalue weighted by Crippen LogP contribution is 2.30. The van der Waals surface area contributed by atoms with Gasteiger partial charge >= 0.3 is 6.18 Å². The average molecular weight is 303 g/mol. The van der Waals surface area contributed by atoms with Gasteiger partial charge in [-0.3, -0.25) is 0 Å². The first-order valence-electron chi connectivity index (χ1n) is 6.35. The topological polar surface area (TPSA) is 77.5 Å². The summed E-state index contributed by atoms with van der Waals surface area (Å²) in [5.41, 5.74) is 5.04. The van der Waals surface area contributed by atoms with Gasteiger partial charge in [0.1, 0.15) is 5.82 Å². The molecule has 0 aliphatic carbocycles. The fourth-order valence-electron chi connectivity index (χ4n) is 1.83. The molecule has 0 aliphatic rings. The number of hydrogen-bond acceptors (Lipinski definition) is 5. The van der Waals surface area contributed by atoms with E-state index in [1.165, 1.54) is 17.7 Å². The first-order chi connectivity index (χ1) is 9.95. The smallest absolute Gasteiger partial charge is 0.378 e. The number of anilines is 1. The molecule has 0 radical (unpaired) electrons. The highest BCUT2D eigenvalue weighted by Gasteiger charge is 2.33. The third-order valence-electron chi connectivity index (χ3n) is 2.75. The molecule has 2 rings (SSSR count). The van der Waals surface area contributed by atoms with Gasteiger partial charge < -0.3 is 15.8 Å². The van der Waals surface area contributed by atoms with Crippen LogP contribution in [0.5, 0.6) is 0 Å². The van der Waals surface area contributed by atoms with Gasteiger partial charge in [0.25, 0.3) is 0 Å². The van der Waals surface area contributed by atoms with Gasteiger partial charge in [0, 0.05) is 25.8 Å². The molecule has 21 heavy (non-hydrogen) atoms. The van der Waals surface area contributed by atoms with Crippen molar-refractivity contribution in [3.63, 3.8) is 0 Å². The number of hydrogen-bond donors (Lipinski definition) is 2. The Balaban J connectivity index is 2.44. The van der Waals surface area contributed by atoms with Crippen LogP contribution in [0.3, 0.4) is 0 Å². The lowest BCUT2D eigenvalue weighted by molar-refractivity contribution is -0.141. The van der Waals surface area contributed by atoms with Crippen molar-refractivity contribution >= 4 is 11.5 Å². The van der Waals surface area contributed by atoms with Crippen LogP contribution >= 0.6 is 0 Å². The Morgan fingerprint density at radius 2 is 2.14 bits per heavy atom. The fourth-order valence-corrected chi connectivity index (χ4v) is 1.83. The van der Waals surface area contributed by atoms with Gasteiger partial charge in [-0.05, 0) is 13.0 Å². The minimum absolute atomic E-state index is 0.118. The second-order valence-electron chi connectivity index (χ2n) is 4.43. The molecule has 0 aliphatic heterocycles. The molecule has 0 aromatic carbocycles. The van der Waals surface area contributed by atoms with Gasteiger partial charge in [0.05, 0.1) is 12.3 Å². The highest BCUT2D eigenvalue weighted by molar-refractivity contribution is 5.51. The summed E-state index contributed by atoms with van der Waals surface area (Å²) in [6.45, 7) is 1.10. The largest absolute Gasteiger partial charge is 0.433 e. The first kappa shape index (κ1) is 15.5. The molecule has 2 aromatic rings. The van der Waals surface area contributed by atoms with Crippen molar-refractivity contribution in [3.05, 3.63) is 23.5 Å². The molecule has 0 saturated carbocycles. The molecule has 0 fully saturated rings. The van der Waals surface area contributed by atoms with Gasteiger partial charge in [-0.15, -0.1) is 0 Å². The van der Waals surface area contributed by atoms with Crippen LogP contribution in [0.25, 0.3) is 5.65 Å². The number of nitrogens with two attached hydrogens (primary N) is 1. The third-order valence-corrected chi connectivity index (χ3v) is 2.75. The summed E-state index contributed by atoms with van der Waals surface area (Å²) in [6.07, 6.45) is -3.88. The maximum atomic E-state index is 12.9. The molecule has 6 nitrogen and oxygen atoms in total. The summed E-state index contributed by atoms with van der Waals surface area (Å²) in [5.74, 6) is 0.225.